The maximum Gasteiger partial charge on any atom is 0.196 e. The molecule has 0 atom stereocenters. The van der Waals surface area contributed by atoms with Crippen LogP contribution in [0.5, 0.6) is 0 Å². The number of Topliss-reactive ketones (excluding diaryl/α,β-unsaturated/α-hetero) is 1. The Bertz CT molecular complexity index is 623. The molecule has 0 aliphatic rings. The summed E-state index contributed by atoms with van der Waals surface area (Å²) in [5, 5.41) is 2.03. The van der Waals surface area contributed by atoms with Crippen LogP contribution in [0.2, 0.25) is 0 Å². The lowest BCUT2D eigenvalue weighted by Gasteiger charge is -2.06. The van der Waals surface area contributed by atoms with Crippen molar-refractivity contribution < 1.29 is 9.21 Å². The first kappa shape index (κ1) is 13.7. The van der Waals surface area contributed by atoms with E-state index in [4.69, 9.17) is 4.42 Å². The van der Waals surface area contributed by atoms with Crippen molar-refractivity contribution in [2.24, 2.45) is 0 Å². The van der Waals surface area contributed by atoms with E-state index >= 15 is 0 Å². The fourth-order valence-electron chi connectivity index (χ4n) is 2.04. The molecule has 3 nitrogen and oxygen atoms in total. The van der Waals surface area contributed by atoms with Gasteiger partial charge in [-0.3, -0.25) is 9.59 Å². The molecule has 2 rings (SSSR count). The number of thiophene rings is 1. The van der Waals surface area contributed by atoms with E-state index in [1.54, 1.807) is 11.3 Å². The predicted octanol–water partition coefficient (Wildman–Crippen LogP) is 3.25. The van der Waals surface area contributed by atoms with Gasteiger partial charge in [0.25, 0.3) is 0 Å². The molecule has 2 heterocycles. The molecule has 0 fully saturated rings. The Labute approximate surface area is 115 Å². The second-order valence-corrected chi connectivity index (χ2v) is 5.40. The van der Waals surface area contributed by atoms with E-state index in [1.165, 1.54) is 17.9 Å². The Morgan fingerprint density at radius 2 is 2.16 bits per heavy atom. The number of rotatable bonds is 5. The molecule has 0 aromatic carbocycles. The third kappa shape index (κ3) is 3.20. The van der Waals surface area contributed by atoms with Crippen LogP contribution in [0.25, 0.3) is 0 Å². The van der Waals surface area contributed by atoms with Crippen molar-refractivity contribution in [1.82, 2.24) is 0 Å². The summed E-state index contributed by atoms with van der Waals surface area (Å²) < 4.78 is 5.68. The van der Waals surface area contributed by atoms with Crippen LogP contribution in [-0.2, 0) is 19.3 Å². The minimum Gasteiger partial charge on any atom is -0.465 e. The second-order valence-electron chi connectivity index (χ2n) is 4.36. The topological polar surface area (TPSA) is 47.3 Å². The lowest BCUT2D eigenvalue weighted by molar-refractivity contribution is 0.101. The molecule has 4 heteroatoms. The molecule has 0 N–H and O–H groups in total. The van der Waals surface area contributed by atoms with E-state index in [-0.39, 0.29) is 16.8 Å². The molecule has 0 bridgehead atoms. The van der Waals surface area contributed by atoms with Gasteiger partial charge in [0.15, 0.2) is 11.2 Å². The summed E-state index contributed by atoms with van der Waals surface area (Å²) in [5.41, 5.74) is -0.0286. The van der Waals surface area contributed by atoms with Crippen LogP contribution in [-0.4, -0.2) is 5.78 Å². The highest BCUT2D eigenvalue weighted by atomic mass is 32.1. The zero-order valence-corrected chi connectivity index (χ0v) is 11.9. The SMILES string of the molecule is CCc1oc(CCc2cccs2)cc(=O)c1C(C)=O. The number of carbonyl (C=O) groups excluding carboxylic acids is 1. The molecule has 0 aliphatic carbocycles. The van der Waals surface area contributed by atoms with Gasteiger partial charge in [-0.25, -0.2) is 0 Å². The van der Waals surface area contributed by atoms with Gasteiger partial charge in [0.05, 0.1) is 0 Å². The number of hydrogen-bond acceptors (Lipinski definition) is 4. The molecule has 0 radical (unpaired) electrons. The Morgan fingerprint density at radius 3 is 2.74 bits per heavy atom. The first-order chi connectivity index (χ1) is 9.11. The third-order valence-corrected chi connectivity index (χ3v) is 3.88. The quantitative estimate of drug-likeness (QED) is 0.788. The first-order valence-corrected chi connectivity index (χ1v) is 7.19. The van der Waals surface area contributed by atoms with Crippen LogP contribution >= 0.6 is 11.3 Å². The van der Waals surface area contributed by atoms with E-state index in [1.807, 2.05) is 18.4 Å². The average Bonchev–Trinajstić information content (AvgIpc) is 2.88. The summed E-state index contributed by atoms with van der Waals surface area (Å²) in [4.78, 5) is 24.6. The van der Waals surface area contributed by atoms with Gasteiger partial charge < -0.3 is 4.42 Å². The molecule has 2 aromatic rings. The summed E-state index contributed by atoms with van der Waals surface area (Å²) in [5.74, 6) is 0.928. The molecule has 100 valence electrons. The highest BCUT2D eigenvalue weighted by Gasteiger charge is 2.14. The van der Waals surface area contributed by atoms with E-state index in [0.717, 1.165) is 6.42 Å². The van der Waals surface area contributed by atoms with Gasteiger partial charge in [-0.2, -0.15) is 0 Å². The maximum atomic E-state index is 11.9. The zero-order valence-electron chi connectivity index (χ0n) is 11.1. The van der Waals surface area contributed by atoms with Gasteiger partial charge in [0.1, 0.15) is 17.1 Å². The van der Waals surface area contributed by atoms with Crippen LogP contribution in [0.15, 0.2) is 32.8 Å². The molecule has 0 spiro atoms. The first-order valence-electron chi connectivity index (χ1n) is 6.31. The fourth-order valence-corrected chi connectivity index (χ4v) is 2.75. The van der Waals surface area contributed by atoms with E-state index in [9.17, 15) is 9.59 Å². The van der Waals surface area contributed by atoms with Crippen molar-refractivity contribution >= 4 is 17.1 Å². The lowest BCUT2D eigenvalue weighted by atomic mass is 10.1. The minimum absolute atomic E-state index is 0.197. The summed E-state index contributed by atoms with van der Waals surface area (Å²) in [6.07, 6.45) is 2.08. The molecular weight excluding hydrogens is 260 g/mol. The van der Waals surface area contributed by atoms with Crippen molar-refractivity contribution in [2.75, 3.05) is 0 Å². The fraction of sp³-hybridized carbons (Fsp3) is 0.333. The highest BCUT2D eigenvalue weighted by molar-refractivity contribution is 7.09. The third-order valence-electron chi connectivity index (χ3n) is 2.94. The van der Waals surface area contributed by atoms with Gasteiger partial charge in [-0.05, 0) is 24.8 Å². The monoisotopic (exact) mass is 276 g/mol. The second kappa shape index (κ2) is 5.97. The largest absolute Gasteiger partial charge is 0.465 e. The molecule has 2 aromatic heterocycles. The van der Waals surface area contributed by atoms with Gasteiger partial charge in [0.2, 0.25) is 0 Å². The average molecular weight is 276 g/mol. The molecule has 0 saturated heterocycles. The molecular formula is C15H16O3S. The van der Waals surface area contributed by atoms with Crippen LogP contribution in [0, 0.1) is 0 Å². The van der Waals surface area contributed by atoms with E-state index < -0.39 is 0 Å². The van der Waals surface area contributed by atoms with E-state index in [0.29, 0.717) is 24.4 Å². The van der Waals surface area contributed by atoms with Crippen LogP contribution < -0.4 is 5.43 Å². The normalized spacial score (nSPS) is 10.6. The summed E-state index contributed by atoms with van der Waals surface area (Å²) in [6.45, 7) is 3.28. The molecule has 0 amide bonds. The number of hydrogen-bond donors (Lipinski definition) is 0. The van der Waals surface area contributed by atoms with Crippen LogP contribution in [0.1, 0.15) is 40.6 Å². The van der Waals surface area contributed by atoms with Crippen molar-refractivity contribution in [1.29, 1.82) is 0 Å². The Balaban J connectivity index is 2.25. The summed E-state index contributed by atoms with van der Waals surface area (Å²) >= 11 is 1.69. The Hall–Kier alpha value is -1.68. The number of ketones is 1. The molecule has 0 unspecified atom stereocenters. The molecule has 19 heavy (non-hydrogen) atoms. The molecule has 0 aliphatic heterocycles. The van der Waals surface area contributed by atoms with Gasteiger partial charge in [-0.15, -0.1) is 11.3 Å². The van der Waals surface area contributed by atoms with Crippen molar-refractivity contribution in [3.8, 4) is 0 Å². The Kier molecular flexibility index (Phi) is 4.32. The number of carbonyl (C=O) groups is 1. The highest BCUT2D eigenvalue weighted by Crippen LogP contribution is 2.15. The maximum absolute atomic E-state index is 11.9. The standard InChI is InChI=1S/C15H16O3S/c1-3-14-15(10(2)16)13(17)9-11(18-14)6-7-12-5-4-8-19-12/h4-5,8-9H,3,6-7H2,1-2H3. The minimum atomic E-state index is -0.226. The summed E-state index contributed by atoms with van der Waals surface area (Å²) in [6, 6.07) is 5.52. The van der Waals surface area contributed by atoms with Gasteiger partial charge >= 0.3 is 0 Å². The van der Waals surface area contributed by atoms with Crippen LogP contribution in [0.3, 0.4) is 0 Å². The van der Waals surface area contributed by atoms with Crippen LogP contribution in [0.4, 0.5) is 0 Å². The predicted molar refractivity (Wildman–Crippen MR) is 76.1 cm³/mol. The smallest absolute Gasteiger partial charge is 0.196 e. The molecule has 0 saturated carbocycles. The number of aryl methyl sites for hydroxylation is 3. The Morgan fingerprint density at radius 1 is 1.37 bits per heavy atom. The van der Waals surface area contributed by atoms with Gasteiger partial charge in [0, 0.05) is 23.8 Å². The zero-order chi connectivity index (χ0) is 13.8. The van der Waals surface area contributed by atoms with E-state index in [2.05, 4.69) is 6.07 Å². The van der Waals surface area contributed by atoms with Gasteiger partial charge in [-0.1, -0.05) is 13.0 Å². The van der Waals surface area contributed by atoms with Crippen molar-refractivity contribution in [3.63, 3.8) is 0 Å². The summed E-state index contributed by atoms with van der Waals surface area (Å²) in [7, 11) is 0. The lowest BCUT2D eigenvalue weighted by Crippen LogP contribution is -2.16. The van der Waals surface area contributed by atoms with Crippen molar-refractivity contribution in [2.45, 2.75) is 33.1 Å². The van der Waals surface area contributed by atoms with Crippen molar-refractivity contribution in [3.05, 3.63) is 55.8 Å².